The van der Waals surface area contributed by atoms with Crippen LogP contribution in [0.25, 0.3) is 64.4 Å². The molecule has 0 atom stereocenters. The van der Waals surface area contributed by atoms with Gasteiger partial charge in [-0.2, -0.15) is 0 Å². The highest BCUT2D eigenvalue weighted by Gasteiger charge is 2.15. The fourth-order valence-electron chi connectivity index (χ4n) is 4.93. The fourth-order valence-corrected chi connectivity index (χ4v) is 5.99. The van der Waals surface area contributed by atoms with Crippen LogP contribution >= 0.6 is 11.3 Å². The highest BCUT2D eigenvalue weighted by molar-refractivity contribution is 7.22. The normalized spacial score (nSPS) is 12.1. The van der Waals surface area contributed by atoms with Gasteiger partial charge in [0.1, 0.15) is 11.6 Å². The van der Waals surface area contributed by atoms with E-state index in [2.05, 4.69) is 82.3 Å². The SMILES string of the molecule is Cc1ncc(-c2cc3ccc(-c4ccc5c(c4)c4ccncc4c4nc(C(C)C)[nH]c54)cc3s2)[nH]1. The lowest BCUT2D eigenvalue weighted by molar-refractivity contribution is 0.799. The first kappa shape index (κ1) is 20.4. The predicted molar refractivity (Wildman–Crippen MR) is 146 cm³/mol. The Morgan fingerprint density at radius 1 is 0.829 bits per heavy atom. The Morgan fingerprint density at radius 2 is 1.69 bits per heavy atom. The molecule has 4 heterocycles. The molecule has 35 heavy (non-hydrogen) atoms. The van der Waals surface area contributed by atoms with Crippen LogP contribution in [0.4, 0.5) is 0 Å². The summed E-state index contributed by atoms with van der Waals surface area (Å²) >= 11 is 1.79. The van der Waals surface area contributed by atoms with E-state index in [9.17, 15) is 0 Å². The first-order valence-corrected chi connectivity index (χ1v) is 12.6. The highest BCUT2D eigenvalue weighted by atomic mass is 32.1. The molecule has 3 aromatic carbocycles. The number of rotatable bonds is 3. The quantitative estimate of drug-likeness (QED) is 0.256. The van der Waals surface area contributed by atoms with Crippen molar-refractivity contribution in [1.82, 2.24) is 24.9 Å². The maximum Gasteiger partial charge on any atom is 0.109 e. The number of fused-ring (bicyclic) bond motifs is 7. The van der Waals surface area contributed by atoms with Gasteiger partial charge < -0.3 is 9.97 Å². The van der Waals surface area contributed by atoms with E-state index in [1.807, 2.05) is 25.5 Å². The van der Waals surface area contributed by atoms with Crippen molar-refractivity contribution in [2.45, 2.75) is 26.7 Å². The Morgan fingerprint density at radius 3 is 2.51 bits per heavy atom. The molecule has 0 aliphatic carbocycles. The Hall–Kier alpha value is -4.03. The van der Waals surface area contributed by atoms with E-state index in [4.69, 9.17) is 4.98 Å². The minimum Gasteiger partial charge on any atom is -0.342 e. The molecule has 6 heteroatoms. The third-order valence-electron chi connectivity index (χ3n) is 6.75. The lowest BCUT2D eigenvalue weighted by Gasteiger charge is -2.09. The summed E-state index contributed by atoms with van der Waals surface area (Å²) in [4.78, 5) is 21.8. The summed E-state index contributed by atoms with van der Waals surface area (Å²) in [5, 5.41) is 5.92. The summed E-state index contributed by atoms with van der Waals surface area (Å²) in [7, 11) is 0. The highest BCUT2D eigenvalue weighted by Crippen LogP contribution is 2.39. The van der Waals surface area contributed by atoms with Crippen LogP contribution < -0.4 is 0 Å². The molecule has 0 aliphatic rings. The average Bonchev–Trinajstić information content (AvgIpc) is 3.61. The Balaban J connectivity index is 1.42. The number of benzene rings is 3. The van der Waals surface area contributed by atoms with Crippen LogP contribution in [0.3, 0.4) is 0 Å². The third kappa shape index (κ3) is 3.17. The summed E-state index contributed by atoms with van der Waals surface area (Å²) in [6.07, 6.45) is 5.71. The van der Waals surface area contributed by atoms with Crippen LogP contribution in [0.5, 0.6) is 0 Å². The van der Waals surface area contributed by atoms with Crippen molar-refractivity contribution >= 4 is 54.0 Å². The average molecular weight is 474 g/mol. The number of aromatic nitrogens is 5. The number of aryl methyl sites for hydroxylation is 1. The molecule has 0 unspecified atom stereocenters. The number of pyridine rings is 1. The largest absolute Gasteiger partial charge is 0.342 e. The maximum absolute atomic E-state index is 4.93. The van der Waals surface area contributed by atoms with Gasteiger partial charge in [0, 0.05) is 33.8 Å². The second-order valence-electron chi connectivity index (χ2n) is 9.43. The summed E-state index contributed by atoms with van der Waals surface area (Å²) < 4.78 is 1.27. The molecule has 170 valence electrons. The molecule has 7 aromatic rings. The Kier molecular flexibility index (Phi) is 4.35. The molecule has 0 radical (unpaired) electrons. The molecule has 5 nitrogen and oxygen atoms in total. The molecule has 0 saturated carbocycles. The summed E-state index contributed by atoms with van der Waals surface area (Å²) in [6, 6.07) is 17.8. The van der Waals surface area contributed by atoms with Gasteiger partial charge in [-0.1, -0.05) is 38.1 Å². The van der Waals surface area contributed by atoms with Crippen LogP contribution in [0.2, 0.25) is 0 Å². The van der Waals surface area contributed by atoms with E-state index in [0.717, 1.165) is 33.8 Å². The zero-order chi connectivity index (χ0) is 23.7. The van der Waals surface area contributed by atoms with Crippen LogP contribution in [0.1, 0.15) is 31.4 Å². The molecular formula is C29H23N5S. The smallest absolute Gasteiger partial charge is 0.109 e. The van der Waals surface area contributed by atoms with Crippen LogP contribution in [0, 0.1) is 6.92 Å². The Labute approximate surface area is 205 Å². The number of imidazole rings is 2. The molecule has 2 N–H and O–H groups in total. The monoisotopic (exact) mass is 473 g/mol. The van der Waals surface area contributed by atoms with Crippen LogP contribution in [-0.2, 0) is 0 Å². The first-order valence-electron chi connectivity index (χ1n) is 11.8. The van der Waals surface area contributed by atoms with Gasteiger partial charge in [0.2, 0.25) is 0 Å². The van der Waals surface area contributed by atoms with Gasteiger partial charge in [-0.25, -0.2) is 9.97 Å². The van der Waals surface area contributed by atoms with Gasteiger partial charge in [-0.3, -0.25) is 4.98 Å². The van der Waals surface area contributed by atoms with Gasteiger partial charge in [0.15, 0.2) is 0 Å². The minimum atomic E-state index is 0.330. The second kappa shape index (κ2) is 7.48. The molecule has 0 fully saturated rings. The number of thiophene rings is 1. The molecule has 0 saturated heterocycles. The van der Waals surface area contributed by atoms with Gasteiger partial charge >= 0.3 is 0 Å². The van der Waals surface area contributed by atoms with E-state index >= 15 is 0 Å². The van der Waals surface area contributed by atoms with Gasteiger partial charge in [-0.05, 0) is 58.5 Å². The molecule has 0 bridgehead atoms. The van der Waals surface area contributed by atoms with Crippen molar-refractivity contribution in [3.05, 3.63) is 78.8 Å². The number of nitrogens with zero attached hydrogens (tertiary/aromatic N) is 3. The molecule has 4 aromatic heterocycles. The number of hydrogen-bond donors (Lipinski definition) is 2. The maximum atomic E-state index is 4.93. The number of nitrogens with one attached hydrogen (secondary N) is 2. The summed E-state index contributed by atoms with van der Waals surface area (Å²) in [5.74, 6) is 2.27. The van der Waals surface area contributed by atoms with E-state index in [0.29, 0.717) is 5.92 Å². The van der Waals surface area contributed by atoms with Gasteiger partial charge in [0.25, 0.3) is 0 Å². The first-order chi connectivity index (χ1) is 17.0. The van der Waals surface area contributed by atoms with Crippen molar-refractivity contribution in [3.8, 4) is 21.7 Å². The van der Waals surface area contributed by atoms with Crippen molar-refractivity contribution in [3.63, 3.8) is 0 Å². The number of hydrogen-bond acceptors (Lipinski definition) is 4. The Bertz CT molecular complexity index is 1900. The standard InChI is InChI=1S/C29H23N5S/c1-15(2)29-33-27-21-7-6-17(10-22(21)20-8-9-30-13-23(20)28(27)34-29)18-4-5-19-12-26(35-25(19)11-18)24-14-31-16(3)32-24/h4-15H,1-3H3,(H,31,32)(H,33,34). The van der Waals surface area contributed by atoms with Gasteiger partial charge in [0.05, 0.1) is 27.8 Å². The third-order valence-corrected chi connectivity index (χ3v) is 7.88. The van der Waals surface area contributed by atoms with E-state index in [1.54, 1.807) is 11.3 Å². The fraction of sp³-hybridized carbons (Fsp3) is 0.138. The van der Waals surface area contributed by atoms with E-state index < -0.39 is 0 Å². The molecule has 0 spiro atoms. The zero-order valence-electron chi connectivity index (χ0n) is 19.7. The van der Waals surface area contributed by atoms with Crippen LogP contribution in [-0.4, -0.2) is 24.9 Å². The second-order valence-corrected chi connectivity index (χ2v) is 10.5. The van der Waals surface area contributed by atoms with Crippen molar-refractivity contribution in [2.75, 3.05) is 0 Å². The molecule has 7 rings (SSSR count). The van der Waals surface area contributed by atoms with Gasteiger partial charge in [-0.15, -0.1) is 11.3 Å². The topological polar surface area (TPSA) is 70.2 Å². The lowest BCUT2D eigenvalue weighted by Crippen LogP contribution is -1.88. The predicted octanol–water partition coefficient (Wildman–Crippen LogP) is 7.97. The number of aromatic amines is 2. The molecular weight excluding hydrogens is 450 g/mol. The van der Waals surface area contributed by atoms with Crippen molar-refractivity contribution < 1.29 is 0 Å². The zero-order valence-corrected chi connectivity index (χ0v) is 20.5. The van der Waals surface area contributed by atoms with E-state index in [1.165, 1.54) is 42.2 Å². The van der Waals surface area contributed by atoms with Crippen molar-refractivity contribution in [2.24, 2.45) is 0 Å². The summed E-state index contributed by atoms with van der Waals surface area (Å²) in [5.41, 5.74) is 5.57. The van der Waals surface area contributed by atoms with Crippen molar-refractivity contribution in [1.29, 1.82) is 0 Å². The molecule has 0 aliphatic heterocycles. The minimum absolute atomic E-state index is 0.330. The summed E-state index contributed by atoms with van der Waals surface area (Å²) in [6.45, 7) is 6.31. The van der Waals surface area contributed by atoms with E-state index in [-0.39, 0.29) is 0 Å². The number of H-pyrrole nitrogens is 2. The molecule has 0 amide bonds. The van der Waals surface area contributed by atoms with Crippen LogP contribution in [0.15, 0.2) is 67.1 Å². The lowest BCUT2D eigenvalue weighted by atomic mass is 9.96.